The molecule has 0 heterocycles. The molecule has 1 rings (SSSR count). The van der Waals surface area contributed by atoms with Crippen molar-refractivity contribution in [3.05, 3.63) is 45.6 Å². The SMILES string of the molecule is C=C(C)CNC(=O)c1ccccc1I. The van der Waals surface area contributed by atoms with Crippen molar-refractivity contribution in [2.75, 3.05) is 6.54 Å². The molecule has 74 valence electrons. The lowest BCUT2D eigenvalue weighted by atomic mass is 10.2. The molecule has 14 heavy (non-hydrogen) atoms. The van der Waals surface area contributed by atoms with Gasteiger partial charge in [0.2, 0.25) is 0 Å². The predicted molar refractivity (Wildman–Crippen MR) is 66.3 cm³/mol. The van der Waals surface area contributed by atoms with E-state index in [1.807, 2.05) is 31.2 Å². The Kier molecular flexibility index (Phi) is 4.13. The van der Waals surface area contributed by atoms with Gasteiger partial charge in [-0.1, -0.05) is 24.3 Å². The summed E-state index contributed by atoms with van der Waals surface area (Å²) in [5.41, 5.74) is 1.67. The van der Waals surface area contributed by atoms with E-state index in [0.29, 0.717) is 12.1 Å². The monoisotopic (exact) mass is 301 g/mol. The first-order valence-electron chi connectivity index (χ1n) is 4.28. The Balaban J connectivity index is 2.70. The van der Waals surface area contributed by atoms with Gasteiger partial charge in [0.05, 0.1) is 5.56 Å². The van der Waals surface area contributed by atoms with Crippen molar-refractivity contribution in [3.8, 4) is 0 Å². The zero-order valence-electron chi connectivity index (χ0n) is 8.01. The molecule has 0 saturated heterocycles. The van der Waals surface area contributed by atoms with Crippen LogP contribution in [-0.4, -0.2) is 12.5 Å². The Bertz CT molecular complexity index is 360. The second kappa shape index (κ2) is 5.14. The molecule has 0 unspecified atom stereocenters. The summed E-state index contributed by atoms with van der Waals surface area (Å²) in [6.45, 7) is 6.14. The normalized spacial score (nSPS) is 9.57. The molecule has 1 aromatic carbocycles. The minimum Gasteiger partial charge on any atom is -0.348 e. The Morgan fingerprint density at radius 3 is 2.71 bits per heavy atom. The summed E-state index contributed by atoms with van der Waals surface area (Å²) in [4.78, 5) is 11.6. The minimum atomic E-state index is -0.0435. The highest BCUT2D eigenvalue weighted by molar-refractivity contribution is 14.1. The molecule has 0 aliphatic rings. The molecule has 1 N–H and O–H groups in total. The second-order valence-corrected chi connectivity index (χ2v) is 4.28. The third kappa shape index (κ3) is 3.14. The summed E-state index contributed by atoms with van der Waals surface area (Å²) in [5.74, 6) is -0.0435. The van der Waals surface area contributed by atoms with Crippen molar-refractivity contribution in [1.29, 1.82) is 0 Å². The van der Waals surface area contributed by atoms with Crippen LogP contribution in [0.5, 0.6) is 0 Å². The van der Waals surface area contributed by atoms with E-state index < -0.39 is 0 Å². The molecule has 0 saturated carbocycles. The number of benzene rings is 1. The predicted octanol–water partition coefficient (Wildman–Crippen LogP) is 2.60. The van der Waals surface area contributed by atoms with Crippen molar-refractivity contribution in [3.63, 3.8) is 0 Å². The second-order valence-electron chi connectivity index (χ2n) is 3.12. The Morgan fingerprint density at radius 2 is 2.14 bits per heavy atom. The maximum atomic E-state index is 11.6. The molecule has 0 aromatic heterocycles. The number of halogens is 1. The van der Waals surface area contributed by atoms with Crippen LogP contribution in [0.25, 0.3) is 0 Å². The van der Waals surface area contributed by atoms with Crippen molar-refractivity contribution < 1.29 is 4.79 Å². The molecule has 3 heteroatoms. The fourth-order valence-electron chi connectivity index (χ4n) is 0.972. The van der Waals surface area contributed by atoms with Gasteiger partial charge in [-0.15, -0.1) is 0 Å². The van der Waals surface area contributed by atoms with E-state index in [-0.39, 0.29) is 5.91 Å². The molecule has 0 aliphatic heterocycles. The molecular weight excluding hydrogens is 289 g/mol. The van der Waals surface area contributed by atoms with E-state index in [1.54, 1.807) is 0 Å². The van der Waals surface area contributed by atoms with Crippen LogP contribution in [0.1, 0.15) is 17.3 Å². The fourth-order valence-corrected chi connectivity index (χ4v) is 1.60. The molecule has 0 fully saturated rings. The smallest absolute Gasteiger partial charge is 0.252 e. The summed E-state index contributed by atoms with van der Waals surface area (Å²) < 4.78 is 0.962. The maximum absolute atomic E-state index is 11.6. The van der Waals surface area contributed by atoms with Gasteiger partial charge in [0.25, 0.3) is 5.91 Å². The van der Waals surface area contributed by atoms with Gasteiger partial charge in [-0.25, -0.2) is 0 Å². The van der Waals surface area contributed by atoms with Crippen LogP contribution in [0.3, 0.4) is 0 Å². The molecule has 0 spiro atoms. The number of rotatable bonds is 3. The number of carbonyl (C=O) groups excluding carboxylic acids is 1. The quantitative estimate of drug-likeness (QED) is 0.675. The molecular formula is C11H12INO. The average molecular weight is 301 g/mol. The first-order valence-corrected chi connectivity index (χ1v) is 5.36. The number of amides is 1. The van der Waals surface area contributed by atoms with Gasteiger partial charge in [0.1, 0.15) is 0 Å². The van der Waals surface area contributed by atoms with Crippen LogP contribution < -0.4 is 5.32 Å². The van der Waals surface area contributed by atoms with Gasteiger partial charge < -0.3 is 5.32 Å². The van der Waals surface area contributed by atoms with Crippen LogP contribution >= 0.6 is 22.6 Å². The lowest BCUT2D eigenvalue weighted by Crippen LogP contribution is -2.25. The highest BCUT2D eigenvalue weighted by Gasteiger charge is 2.07. The van der Waals surface area contributed by atoms with E-state index in [1.165, 1.54) is 0 Å². The van der Waals surface area contributed by atoms with Crippen LogP contribution in [0.15, 0.2) is 36.4 Å². The van der Waals surface area contributed by atoms with Crippen molar-refractivity contribution in [2.24, 2.45) is 0 Å². The number of carbonyl (C=O) groups is 1. The van der Waals surface area contributed by atoms with Gasteiger partial charge in [-0.2, -0.15) is 0 Å². The molecule has 0 bridgehead atoms. The Labute approximate surface area is 97.5 Å². The summed E-state index contributed by atoms with van der Waals surface area (Å²) >= 11 is 2.15. The minimum absolute atomic E-state index is 0.0435. The van der Waals surface area contributed by atoms with Crippen LogP contribution in [0.4, 0.5) is 0 Å². The van der Waals surface area contributed by atoms with E-state index in [0.717, 1.165) is 9.14 Å². The van der Waals surface area contributed by atoms with Crippen molar-refractivity contribution in [1.82, 2.24) is 5.32 Å². The van der Waals surface area contributed by atoms with Crippen molar-refractivity contribution in [2.45, 2.75) is 6.92 Å². The van der Waals surface area contributed by atoms with E-state index in [4.69, 9.17) is 0 Å². The van der Waals surface area contributed by atoms with Gasteiger partial charge in [0, 0.05) is 10.1 Å². The number of hydrogen-bond donors (Lipinski definition) is 1. The van der Waals surface area contributed by atoms with Crippen LogP contribution in [-0.2, 0) is 0 Å². The number of nitrogens with one attached hydrogen (secondary N) is 1. The Hall–Kier alpha value is -0.840. The first kappa shape index (κ1) is 11.2. The average Bonchev–Trinajstić information content (AvgIpc) is 2.15. The molecule has 0 radical (unpaired) electrons. The summed E-state index contributed by atoms with van der Waals surface area (Å²) in [5, 5.41) is 2.80. The topological polar surface area (TPSA) is 29.1 Å². The summed E-state index contributed by atoms with van der Waals surface area (Å²) in [6, 6.07) is 7.50. The van der Waals surface area contributed by atoms with Gasteiger partial charge in [-0.3, -0.25) is 4.79 Å². The highest BCUT2D eigenvalue weighted by Crippen LogP contribution is 2.10. The largest absolute Gasteiger partial charge is 0.348 e. The van der Waals surface area contributed by atoms with Gasteiger partial charge in [-0.05, 0) is 41.6 Å². The van der Waals surface area contributed by atoms with Crippen LogP contribution in [0, 0.1) is 3.57 Å². The van der Waals surface area contributed by atoms with Gasteiger partial charge >= 0.3 is 0 Å². The zero-order valence-corrected chi connectivity index (χ0v) is 10.2. The molecule has 2 nitrogen and oxygen atoms in total. The standard InChI is InChI=1S/C11H12INO/c1-8(2)7-13-11(14)9-5-3-4-6-10(9)12/h3-6H,1,7H2,2H3,(H,13,14). The lowest BCUT2D eigenvalue weighted by molar-refractivity contribution is 0.0956. The molecule has 1 amide bonds. The number of hydrogen-bond acceptors (Lipinski definition) is 1. The summed E-state index contributed by atoms with van der Waals surface area (Å²) in [7, 11) is 0. The van der Waals surface area contributed by atoms with Crippen LogP contribution in [0.2, 0.25) is 0 Å². The Morgan fingerprint density at radius 1 is 1.50 bits per heavy atom. The molecule has 0 aliphatic carbocycles. The maximum Gasteiger partial charge on any atom is 0.252 e. The van der Waals surface area contributed by atoms with E-state index in [2.05, 4.69) is 34.5 Å². The fraction of sp³-hybridized carbons (Fsp3) is 0.182. The highest BCUT2D eigenvalue weighted by atomic mass is 127. The first-order chi connectivity index (χ1) is 6.61. The van der Waals surface area contributed by atoms with E-state index >= 15 is 0 Å². The zero-order chi connectivity index (χ0) is 10.6. The summed E-state index contributed by atoms with van der Waals surface area (Å²) in [6.07, 6.45) is 0. The van der Waals surface area contributed by atoms with Gasteiger partial charge in [0.15, 0.2) is 0 Å². The lowest BCUT2D eigenvalue weighted by Gasteiger charge is -2.05. The van der Waals surface area contributed by atoms with E-state index in [9.17, 15) is 4.79 Å². The third-order valence-corrected chi connectivity index (χ3v) is 2.61. The van der Waals surface area contributed by atoms with Crippen molar-refractivity contribution >= 4 is 28.5 Å². The molecule has 0 atom stereocenters. The molecule has 1 aromatic rings. The third-order valence-electron chi connectivity index (χ3n) is 1.67.